The fourth-order valence-electron chi connectivity index (χ4n) is 2.75. The quantitative estimate of drug-likeness (QED) is 0.398. The van der Waals surface area contributed by atoms with Crippen molar-refractivity contribution in [2.24, 2.45) is 5.10 Å². The van der Waals surface area contributed by atoms with Gasteiger partial charge in [-0.25, -0.2) is 0 Å². The monoisotopic (exact) mass is 331 g/mol. The lowest BCUT2D eigenvalue weighted by Crippen LogP contribution is -1.93. The predicted octanol–water partition coefficient (Wildman–Crippen LogP) is 5.49. The summed E-state index contributed by atoms with van der Waals surface area (Å²) in [5.41, 5.74) is 5.92. The van der Waals surface area contributed by atoms with Gasteiger partial charge < -0.3 is 0 Å². The molecule has 0 unspecified atom stereocenters. The van der Waals surface area contributed by atoms with E-state index < -0.39 is 0 Å². The Morgan fingerprint density at radius 1 is 0.917 bits per heavy atom. The maximum absolute atomic E-state index is 6.02. The summed E-state index contributed by atoms with van der Waals surface area (Å²) in [6.07, 6.45) is 3.58. The Morgan fingerprint density at radius 2 is 1.79 bits per heavy atom. The van der Waals surface area contributed by atoms with E-state index in [9.17, 15) is 0 Å². The number of anilines is 1. The number of nitrogens with zero attached hydrogens (tertiary/aromatic N) is 2. The molecule has 1 aromatic heterocycles. The molecule has 3 nitrogen and oxygen atoms in total. The molecule has 4 aromatic rings. The molecule has 0 bridgehead atoms. The zero-order chi connectivity index (χ0) is 16.4. The van der Waals surface area contributed by atoms with Crippen molar-refractivity contribution in [3.8, 4) is 0 Å². The average molecular weight is 332 g/mol. The lowest BCUT2D eigenvalue weighted by atomic mass is 10.1. The number of hydrogen-bond donors (Lipinski definition) is 1. The van der Waals surface area contributed by atoms with Crippen LogP contribution in [0.15, 0.2) is 78.0 Å². The van der Waals surface area contributed by atoms with Crippen molar-refractivity contribution in [2.75, 3.05) is 5.43 Å². The number of rotatable bonds is 3. The Hall–Kier alpha value is -2.91. The van der Waals surface area contributed by atoms with Crippen LogP contribution in [0.5, 0.6) is 0 Å². The van der Waals surface area contributed by atoms with E-state index in [0.29, 0.717) is 5.02 Å². The zero-order valence-electron chi connectivity index (χ0n) is 12.8. The first-order valence-corrected chi connectivity index (χ1v) is 8.00. The van der Waals surface area contributed by atoms with Crippen LogP contribution in [-0.4, -0.2) is 11.2 Å². The number of aromatic nitrogens is 1. The van der Waals surface area contributed by atoms with Crippen LogP contribution >= 0.6 is 11.6 Å². The normalized spacial score (nSPS) is 11.4. The molecule has 0 atom stereocenters. The maximum Gasteiger partial charge on any atom is 0.0738 e. The molecule has 4 heteroatoms. The van der Waals surface area contributed by atoms with Crippen molar-refractivity contribution in [1.82, 2.24) is 4.98 Å². The fourth-order valence-corrected chi connectivity index (χ4v) is 2.92. The van der Waals surface area contributed by atoms with Crippen LogP contribution in [0.1, 0.15) is 5.56 Å². The van der Waals surface area contributed by atoms with Gasteiger partial charge in [-0.1, -0.05) is 54.1 Å². The Labute approximate surface area is 144 Å². The highest BCUT2D eigenvalue weighted by molar-refractivity contribution is 6.31. The van der Waals surface area contributed by atoms with Crippen LogP contribution in [0.25, 0.3) is 21.7 Å². The van der Waals surface area contributed by atoms with Crippen molar-refractivity contribution in [3.05, 3.63) is 83.5 Å². The number of benzene rings is 3. The number of halogens is 1. The molecular weight excluding hydrogens is 318 g/mol. The molecule has 1 N–H and O–H groups in total. The predicted molar refractivity (Wildman–Crippen MR) is 102 cm³/mol. The molecule has 0 saturated carbocycles. The summed E-state index contributed by atoms with van der Waals surface area (Å²) in [5.74, 6) is 0. The van der Waals surface area contributed by atoms with Gasteiger partial charge in [0.15, 0.2) is 0 Å². The van der Waals surface area contributed by atoms with Crippen molar-refractivity contribution in [1.29, 1.82) is 0 Å². The van der Waals surface area contributed by atoms with Gasteiger partial charge in [0.1, 0.15) is 0 Å². The summed E-state index contributed by atoms with van der Waals surface area (Å²) in [6, 6.07) is 22.0. The highest BCUT2D eigenvalue weighted by atomic mass is 35.5. The van der Waals surface area contributed by atoms with Crippen molar-refractivity contribution < 1.29 is 0 Å². The van der Waals surface area contributed by atoms with Crippen LogP contribution < -0.4 is 5.43 Å². The fraction of sp³-hybridized carbons (Fsp3) is 0. The van der Waals surface area contributed by atoms with Gasteiger partial charge in [0.2, 0.25) is 0 Å². The van der Waals surface area contributed by atoms with Gasteiger partial charge >= 0.3 is 0 Å². The molecule has 24 heavy (non-hydrogen) atoms. The van der Waals surface area contributed by atoms with Gasteiger partial charge in [0.25, 0.3) is 0 Å². The largest absolute Gasteiger partial charge is 0.278 e. The summed E-state index contributed by atoms with van der Waals surface area (Å²) in [4.78, 5) is 4.33. The van der Waals surface area contributed by atoms with E-state index in [-0.39, 0.29) is 0 Å². The Balaban J connectivity index is 1.66. The second-order valence-electron chi connectivity index (χ2n) is 5.46. The van der Waals surface area contributed by atoms with Gasteiger partial charge in [-0.05, 0) is 35.0 Å². The van der Waals surface area contributed by atoms with Crippen molar-refractivity contribution in [2.45, 2.75) is 0 Å². The number of hydrazone groups is 1. The van der Waals surface area contributed by atoms with Crippen molar-refractivity contribution in [3.63, 3.8) is 0 Å². The Morgan fingerprint density at radius 3 is 2.75 bits per heavy atom. The van der Waals surface area contributed by atoms with Gasteiger partial charge in [0, 0.05) is 22.2 Å². The summed E-state index contributed by atoms with van der Waals surface area (Å²) in [6.45, 7) is 0. The number of pyridine rings is 1. The minimum atomic E-state index is 0.673. The van der Waals surface area contributed by atoms with Crippen LogP contribution in [0.3, 0.4) is 0 Å². The van der Waals surface area contributed by atoms with E-state index in [2.05, 4.69) is 39.8 Å². The van der Waals surface area contributed by atoms with Crippen LogP contribution in [-0.2, 0) is 0 Å². The summed E-state index contributed by atoms with van der Waals surface area (Å²) < 4.78 is 0. The lowest BCUT2D eigenvalue weighted by molar-refractivity contribution is 1.33. The summed E-state index contributed by atoms with van der Waals surface area (Å²) >= 11 is 6.02. The molecule has 0 spiro atoms. The second-order valence-corrected chi connectivity index (χ2v) is 5.89. The third kappa shape index (κ3) is 2.82. The van der Waals surface area contributed by atoms with E-state index >= 15 is 0 Å². The minimum absolute atomic E-state index is 0.673. The van der Waals surface area contributed by atoms with E-state index in [1.807, 2.05) is 48.7 Å². The molecular formula is C20H14ClN3. The molecule has 4 rings (SSSR count). The third-order valence-corrected chi connectivity index (χ3v) is 4.15. The van der Waals surface area contributed by atoms with Crippen molar-refractivity contribution >= 4 is 45.2 Å². The highest BCUT2D eigenvalue weighted by Crippen LogP contribution is 2.24. The van der Waals surface area contributed by atoms with Crippen LogP contribution in [0.4, 0.5) is 5.69 Å². The summed E-state index contributed by atoms with van der Waals surface area (Å²) in [5, 5.41) is 8.43. The first kappa shape index (κ1) is 14.7. The van der Waals surface area contributed by atoms with Gasteiger partial charge in [-0.2, -0.15) is 5.10 Å². The topological polar surface area (TPSA) is 37.3 Å². The first-order valence-electron chi connectivity index (χ1n) is 7.62. The SMILES string of the molecule is Clc1ccc2c(NN=Cc3cccc4ccccc34)ccnc2c1. The van der Waals surface area contributed by atoms with E-state index in [0.717, 1.165) is 22.2 Å². The molecule has 1 heterocycles. The van der Waals surface area contributed by atoms with E-state index in [4.69, 9.17) is 11.6 Å². The number of hydrogen-bond acceptors (Lipinski definition) is 3. The molecule has 116 valence electrons. The zero-order valence-corrected chi connectivity index (χ0v) is 13.5. The van der Waals surface area contributed by atoms with Gasteiger partial charge in [0.05, 0.1) is 17.4 Å². The molecule has 0 fully saturated rings. The molecule has 0 aliphatic carbocycles. The second kappa shape index (κ2) is 6.30. The van der Waals surface area contributed by atoms with E-state index in [1.54, 1.807) is 6.20 Å². The molecule has 0 aliphatic heterocycles. The highest BCUT2D eigenvalue weighted by Gasteiger charge is 2.02. The average Bonchev–Trinajstić information content (AvgIpc) is 2.62. The Kier molecular flexibility index (Phi) is 3.85. The smallest absolute Gasteiger partial charge is 0.0738 e. The van der Waals surface area contributed by atoms with Crippen LogP contribution in [0.2, 0.25) is 5.02 Å². The molecule has 0 saturated heterocycles. The first-order chi connectivity index (χ1) is 11.8. The molecule has 3 aromatic carbocycles. The Bertz CT molecular complexity index is 1050. The molecule has 0 amide bonds. The molecule has 0 aliphatic rings. The van der Waals surface area contributed by atoms with Gasteiger partial charge in [-0.15, -0.1) is 0 Å². The lowest BCUT2D eigenvalue weighted by Gasteiger charge is -2.06. The van der Waals surface area contributed by atoms with Crippen LogP contribution in [0, 0.1) is 0 Å². The number of nitrogens with one attached hydrogen (secondary N) is 1. The van der Waals surface area contributed by atoms with E-state index in [1.165, 1.54) is 10.8 Å². The third-order valence-electron chi connectivity index (χ3n) is 3.92. The number of fused-ring (bicyclic) bond motifs is 2. The maximum atomic E-state index is 6.02. The molecule has 0 radical (unpaired) electrons. The minimum Gasteiger partial charge on any atom is -0.278 e. The standard InChI is InChI=1S/C20H14ClN3/c21-16-8-9-18-19(10-11-22-20(18)12-16)24-23-13-15-6-3-5-14-4-1-2-7-17(14)15/h1-13H,(H,22,24). The van der Waals surface area contributed by atoms with Gasteiger partial charge in [-0.3, -0.25) is 10.4 Å². The summed E-state index contributed by atoms with van der Waals surface area (Å²) in [7, 11) is 0.